The lowest BCUT2D eigenvalue weighted by atomic mass is 10.0. The summed E-state index contributed by atoms with van der Waals surface area (Å²) in [6.07, 6.45) is 8.10. The lowest BCUT2D eigenvalue weighted by Gasteiger charge is -2.32. The van der Waals surface area contributed by atoms with Crippen molar-refractivity contribution in [2.45, 2.75) is 38.3 Å². The van der Waals surface area contributed by atoms with Crippen molar-refractivity contribution in [1.29, 1.82) is 0 Å². The van der Waals surface area contributed by atoms with Gasteiger partial charge in [-0.3, -0.25) is 4.79 Å². The third kappa shape index (κ3) is 4.42. The van der Waals surface area contributed by atoms with Crippen LogP contribution >= 0.6 is 0 Å². The van der Waals surface area contributed by atoms with Crippen LogP contribution in [0.1, 0.15) is 40.7 Å². The summed E-state index contributed by atoms with van der Waals surface area (Å²) in [6, 6.07) is 14.1. The van der Waals surface area contributed by atoms with Crippen molar-refractivity contribution in [3.63, 3.8) is 0 Å². The number of aliphatic hydroxyl groups is 1. The van der Waals surface area contributed by atoms with E-state index in [0.29, 0.717) is 0 Å². The zero-order valence-corrected chi connectivity index (χ0v) is 18.2. The normalized spacial score (nSPS) is 15.5. The SMILES string of the molecule is O=C(NC1CCN(CCCc2c[nH]c3ccc(CO)cc23)CC1)c1ccc2[nH]ccc2c1. The molecule has 1 amide bonds. The number of likely N-dealkylation sites (tertiary alicyclic amines) is 1. The highest BCUT2D eigenvalue weighted by Gasteiger charge is 2.21. The number of aryl methyl sites for hydroxylation is 1. The van der Waals surface area contributed by atoms with Crippen LogP contribution in [0.3, 0.4) is 0 Å². The van der Waals surface area contributed by atoms with Crippen molar-refractivity contribution in [3.8, 4) is 0 Å². The Morgan fingerprint density at radius 1 is 1.06 bits per heavy atom. The number of hydrogen-bond donors (Lipinski definition) is 4. The summed E-state index contributed by atoms with van der Waals surface area (Å²) in [4.78, 5) is 21.7. The number of aromatic nitrogens is 2. The van der Waals surface area contributed by atoms with Gasteiger partial charge in [-0.1, -0.05) is 6.07 Å². The second-order valence-electron chi connectivity index (χ2n) is 8.82. The van der Waals surface area contributed by atoms with Gasteiger partial charge in [0.05, 0.1) is 6.61 Å². The standard InChI is InChI=1S/C26H30N4O2/c31-17-18-3-5-25-23(14-18)21(16-28-25)2-1-11-30-12-8-22(9-13-30)29-26(32)20-4-6-24-19(15-20)7-10-27-24/h3-7,10,14-16,22,27-28,31H,1-2,8-9,11-13,17H2,(H,29,32). The number of rotatable bonds is 7. The van der Waals surface area contributed by atoms with Gasteiger partial charge in [0.1, 0.15) is 0 Å². The highest BCUT2D eigenvalue weighted by atomic mass is 16.3. The molecule has 0 spiro atoms. The maximum atomic E-state index is 12.7. The first kappa shape index (κ1) is 20.8. The molecule has 4 N–H and O–H groups in total. The van der Waals surface area contributed by atoms with E-state index in [1.165, 1.54) is 10.9 Å². The summed E-state index contributed by atoms with van der Waals surface area (Å²) in [5.74, 6) is 0.0214. The number of fused-ring (bicyclic) bond motifs is 2. The van der Waals surface area contributed by atoms with Crippen LogP contribution < -0.4 is 5.32 Å². The molecule has 6 heteroatoms. The maximum Gasteiger partial charge on any atom is 0.251 e. The zero-order chi connectivity index (χ0) is 21.9. The largest absolute Gasteiger partial charge is 0.392 e. The van der Waals surface area contributed by atoms with Crippen LogP contribution in [0.15, 0.2) is 54.9 Å². The molecule has 1 aliphatic heterocycles. The molecule has 3 heterocycles. The molecule has 0 atom stereocenters. The van der Waals surface area contributed by atoms with E-state index in [-0.39, 0.29) is 18.6 Å². The van der Waals surface area contributed by atoms with Crippen LogP contribution in [0.25, 0.3) is 21.8 Å². The van der Waals surface area contributed by atoms with Crippen molar-refractivity contribution in [3.05, 3.63) is 71.5 Å². The Labute approximate surface area is 187 Å². The first-order valence-electron chi connectivity index (χ1n) is 11.5. The zero-order valence-electron chi connectivity index (χ0n) is 18.2. The van der Waals surface area contributed by atoms with Crippen molar-refractivity contribution < 1.29 is 9.90 Å². The highest BCUT2D eigenvalue weighted by Crippen LogP contribution is 2.22. The van der Waals surface area contributed by atoms with Crippen molar-refractivity contribution in [2.24, 2.45) is 0 Å². The molecule has 166 valence electrons. The minimum absolute atomic E-state index is 0.0214. The first-order chi connectivity index (χ1) is 15.7. The molecule has 1 aliphatic rings. The number of amides is 1. The van der Waals surface area contributed by atoms with E-state index in [1.54, 1.807) is 0 Å². The fourth-order valence-electron chi connectivity index (χ4n) is 4.79. The molecule has 4 aromatic rings. The van der Waals surface area contributed by atoms with E-state index in [9.17, 15) is 9.90 Å². The van der Waals surface area contributed by atoms with Crippen LogP contribution in [-0.4, -0.2) is 51.6 Å². The fraction of sp³-hybridized carbons (Fsp3) is 0.346. The molecule has 0 bridgehead atoms. The number of hydrogen-bond acceptors (Lipinski definition) is 3. The molecule has 0 aliphatic carbocycles. The molecule has 0 radical (unpaired) electrons. The summed E-state index contributed by atoms with van der Waals surface area (Å²) in [6.45, 7) is 3.18. The molecule has 0 unspecified atom stereocenters. The summed E-state index contributed by atoms with van der Waals surface area (Å²) >= 11 is 0. The molecular formula is C26H30N4O2. The Morgan fingerprint density at radius 3 is 2.75 bits per heavy atom. The van der Waals surface area contributed by atoms with Gasteiger partial charge in [-0.2, -0.15) is 0 Å². The third-order valence-electron chi connectivity index (χ3n) is 6.67. The van der Waals surface area contributed by atoms with Crippen molar-refractivity contribution in [2.75, 3.05) is 19.6 Å². The van der Waals surface area contributed by atoms with E-state index < -0.39 is 0 Å². The van der Waals surface area contributed by atoms with Crippen LogP contribution in [0.5, 0.6) is 0 Å². The quantitative estimate of drug-likeness (QED) is 0.358. The van der Waals surface area contributed by atoms with Gasteiger partial charge in [0.2, 0.25) is 0 Å². The van der Waals surface area contributed by atoms with E-state index in [4.69, 9.17) is 0 Å². The monoisotopic (exact) mass is 430 g/mol. The Morgan fingerprint density at radius 2 is 1.91 bits per heavy atom. The lowest BCUT2D eigenvalue weighted by Crippen LogP contribution is -2.44. The van der Waals surface area contributed by atoms with Crippen LogP contribution in [0.2, 0.25) is 0 Å². The molecule has 0 saturated carbocycles. The van der Waals surface area contributed by atoms with Crippen LogP contribution in [0.4, 0.5) is 0 Å². The van der Waals surface area contributed by atoms with Gasteiger partial charge in [-0.15, -0.1) is 0 Å². The number of nitrogens with one attached hydrogen (secondary N) is 3. The van der Waals surface area contributed by atoms with E-state index in [1.807, 2.05) is 42.6 Å². The van der Waals surface area contributed by atoms with Gasteiger partial charge in [-0.05, 0) is 79.8 Å². The highest BCUT2D eigenvalue weighted by molar-refractivity contribution is 5.98. The molecule has 2 aromatic carbocycles. The first-order valence-corrected chi connectivity index (χ1v) is 11.5. The van der Waals surface area contributed by atoms with Gasteiger partial charge < -0.3 is 25.3 Å². The Kier molecular flexibility index (Phi) is 5.97. The Balaban J connectivity index is 1.08. The number of aromatic amines is 2. The average Bonchev–Trinajstić information content (AvgIpc) is 3.46. The number of nitrogens with zero attached hydrogens (tertiary/aromatic N) is 1. The second kappa shape index (κ2) is 9.18. The molecule has 1 saturated heterocycles. The van der Waals surface area contributed by atoms with Gasteiger partial charge in [0.25, 0.3) is 5.91 Å². The van der Waals surface area contributed by atoms with Gasteiger partial charge >= 0.3 is 0 Å². The fourth-order valence-corrected chi connectivity index (χ4v) is 4.79. The van der Waals surface area contributed by atoms with E-state index >= 15 is 0 Å². The summed E-state index contributed by atoms with van der Waals surface area (Å²) in [7, 11) is 0. The van der Waals surface area contributed by atoms with Gasteiger partial charge in [0.15, 0.2) is 0 Å². The molecule has 2 aromatic heterocycles. The Bertz CT molecular complexity index is 1220. The topological polar surface area (TPSA) is 84.2 Å². The lowest BCUT2D eigenvalue weighted by molar-refractivity contribution is 0.0911. The van der Waals surface area contributed by atoms with Crippen LogP contribution in [0, 0.1) is 0 Å². The van der Waals surface area contributed by atoms with Crippen molar-refractivity contribution >= 4 is 27.7 Å². The summed E-state index contributed by atoms with van der Waals surface area (Å²) in [5, 5.41) is 14.9. The number of benzene rings is 2. The van der Waals surface area contributed by atoms with E-state index in [2.05, 4.69) is 32.4 Å². The average molecular weight is 431 g/mol. The minimum Gasteiger partial charge on any atom is -0.392 e. The molecule has 5 rings (SSSR count). The molecule has 1 fully saturated rings. The summed E-state index contributed by atoms with van der Waals surface area (Å²) in [5.41, 5.74) is 5.18. The molecule has 6 nitrogen and oxygen atoms in total. The number of carbonyl (C=O) groups excluding carboxylic acids is 1. The predicted octanol–water partition coefficient (Wildman–Crippen LogP) is 3.97. The minimum atomic E-state index is 0.0214. The van der Waals surface area contributed by atoms with Gasteiger partial charge in [-0.25, -0.2) is 0 Å². The predicted molar refractivity (Wildman–Crippen MR) is 128 cm³/mol. The third-order valence-corrected chi connectivity index (χ3v) is 6.67. The number of piperidine rings is 1. The van der Waals surface area contributed by atoms with E-state index in [0.717, 1.165) is 72.9 Å². The maximum absolute atomic E-state index is 12.7. The van der Waals surface area contributed by atoms with Crippen LogP contribution in [-0.2, 0) is 13.0 Å². The number of carbonyl (C=O) groups is 1. The molecular weight excluding hydrogens is 400 g/mol. The second-order valence-corrected chi connectivity index (χ2v) is 8.82. The summed E-state index contributed by atoms with van der Waals surface area (Å²) < 4.78 is 0. The number of H-pyrrole nitrogens is 2. The molecule has 32 heavy (non-hydrogen) atoms. The number of aliphatic hydroxyl groups excluding tert-OH is 1. The Hall–Kier alpha value is -3.09. The van der Waals surface area contributed by atoms with Gasteiger partial charge in [0, 0.05) is 58.9 Å². The smallest absolute Gasteiger partial charge is 0.251 e. The van der Waals surface area contributed by atoms with Crippen molar-refractivity contribution in [1.82, 2.24) is 20.2 Å².